The Bertz CT molecular complexity index is 1590. The lowest BCUT2D eigenvalue weighted by molar-refractivity contribution is -0.141. The number of carboxylic acids is 1. The van der Waals surface area contributed by atoms with E-state index in [1.165, 1.54) is 37.5 Å². The highest BCUT2D eigenvalue weighted by Gasteiger charge is 2.36. The zero-order chi connectivity index (χ0) is 50.8. The second-order valence-corrected chi connectivity index (χ2v) is 16.3. The number of nitrogens with one attached hydrogen (secondary N) is 9. The molecule has 0 aromatic heterocycles. The lowest BCUT2D eigenvalue weighted by Crippen LogP contribution is -2.53. The molecule has 0 aromatic rings. The van der Waals surface area contributed by atoms with E-state index in [9.17, 15) is 52.7 Å². The Morgan fingerprint density at radius 1 is 0.712 bits per heavy atom. The summed E-state index contributed by atoms with van der Waals surface area (Å²) >= 11 is 0. The van der Waals surface area contributed by atoms with Crippen LogP contribution < -0.4 is 59.3 Å². The minimum absolute atomic E-state index is 0.0836. The van der Waals surface area contributed by atoms with Crippen LogP contribution in [0, 0.1) is 5.41 Å². The molecular formula is C42H78N12O12. The van der Waals surface area contributed by atoms with Crippen molar-refractivity contribution in [2.45, 2.75) is 137 Å². The van der Waals surface area contributed by atoms with Gasteiger partial charge in [0, 0.05) is 19.5 Å². The van der Waals surface area contributed by atoms with Crippen molar-refractivity contribution in [3.63, 3.8) is 0 Å². The molecule has 10 amide bonds. The van der Waals surface area contributed by atoms with Gasteiger partial charge in [-0.05, 0) is 51.0 Å². The quantitative estimate of drug-likeness (QED) is 0.0486. The molecule has 14 N–H and O–H groups in total. The summed E-state index contributed by atoms with van der Waals surface area (Å²) in [5, 5.41) is 30.3. The van der Waals surface area contributed by atoms with E-state index in [0.29, 0.717) is 25.8 Å². The highest BCUT2D eigenvalue weighted by molar-refractivity contribution is 5.95. The lowest BCUT2D eigenvalue weighted by atomic mass is 9.90. The van der Waals surface area contributed by atoms with Crippen molar-refractivity contribution in [2.24, 2.45) is 16.9 Å². The largest absolute Gasteiger partial charge is 0.480 e. The minimum Gasteiger partial charge on any atom is -0.480 e. The molecule has 2 aliphatic heterocycles. The maximum atomic E-state index is 12.7. The van der Waals surface area contributed by atoms with Gasteiger partial charge in [0.2, 0.25) is 59.1 Å². The third-order valence-electron chi connectivity index (χ3n) is 9.00. The van der Waals surface area contributed by atoms with Crippen molar-refractivity contribution in [3.05, 3.63) is 0 Å². The minimum atomic E-state index is -1.28. The van der Waals surface area contributed by atoms with Crippen LogP contribution in [0.1, 0.15) is 113 Å². The summed E-state index contributed by atoms with van der Waals surface area (Å²) in [6.07, 6.45) is 5.82. The van der Waals surface area contributed by atoms with Gasteiger partial charge in [0.05, 0.1) is 38.8 Å². The Kier molecular flexibility index (Phi) is 33.3. The molecule has 2 rings (SSSR count). The van der Waals surface area contributed by atoms with Gasteiger partial charge in [-0.15, -0.1) is 0 Å². The molecule has 0 aliphatic carbocycles. The van der Waals surface area contributed by atoms with Crippen molar-refractivity contribution in [3.8, 4) is 0 Å². The fraction of sp³-hybridized carbons (Fsp3) is 0.738. The summed E-state index contributed by atoms with van der Waals surface area (Å²) in [5.74, 6) is -8.26. The van der Waals surface area contributed by atoms with E-state index >= 15 is 0 Å². The van der Waals surface area contributed by atoms with Gasteiger partial charge < -0.3 is 69.3 Å². The Morgan fingerprint density at radius 2 is 1.23 bits per heavy atom. The Morgan fingerprint density at radius 3 is 1.73 bits per heavy atom. The number of nitrogens with two attached hydrogens (primary N) is 2. The summed E-state index contributed by atoms with van der Waals surface area (Å²) in [6, 6.07) is -3.76. The highest BCUT2D eigenvalue weighted by Crippen LogP contribution is 2.27. The Labute approximate surface area is 388 Å². The number of primary amides is 1. The number of carbonyl (C=O) groups excluding carboxylic acids is 10. The van der Waals surface area contributed by atoms with Crippen LogP contribution in [0.15, 0.2) is 0 Å². The van der Waals surface area contributed by atoms with Gasteiger partial charge in [-0.3, -0.25) is 52.7 Å². The molecule has 0 radical (unpaired) electrons. The number of unbranched alkanes of at least 4 members (excludes halogenated alkanes) is 1. The topological polar surface area (TPSA) is 372 Å². The third-order valence-corrected chi connectivity index (χ3v) is 9.00. The van der Waals surface area contributed by atoms with Crippen molar-refractivity contribution in [1.82, 2.24) is 52.8 Å². The van der Waals surface area contributed by atoms with Crippen LogP contribution in [0.5, 0.6) is 0 Å². The number of rotatable bonds is 23. The van der Waals surface area contributed by atoms with Crippen molar-refractivity contribution < 1.29 is 57.8 Å². The molecule has 2 aliphatic rings. The number of nitrogens with zero attached hydrogens (tertiary/aromatic N) is 1. The number of carbonyl (C=O) groups is 11. The van der Waals surface area contributed by atoms with E-state index in [0.717, 1.165) is 6.54 Å². The molecule has 0 saturated carbocycles. The van der Waals surface area contributed by atoms with Gasteiger partial charge >= 0.3 is 5.97 Å². The predicted molar refractivity (Wildman–Crippen MR) is 244 cm³/mol. The van der Waals surface area contributed by atoms with Crippen molar-refractivity contribution in [1.29, 1.82) is 0 Å². The first-order valence-corrected chi connectivity index (χ1v) is 22.5. The average Bonchev–Trinajstić information content (AvgIpc) is 3.90. The summed E-state index contributed by atoms with van der Waals surface area (Å²) in [4.78, 5) is 135. The lowest BCUT2D eigenvalue weighted by Gasteiger charge is -2.24. The van der Waals surface area contributed by atoms with Gasteiger partial charge in [0.1, 0.15) is 24.7 Å². The van der Waals surface area contributed by atoms with Crippen LogP contribution in [0.4, 0.5) is 0 Å². The molecule has 0 aromatic carbocycles. The van der Waals surface area contributed by atoms with E-state index in [4.69, 9.17) is 16.6 Å². The van der Waals surface area contributed by atoms with Crippen LogP contribution >= 0.6 is 0 Å². The number of aliphatic carboxylic acids is 1. The zero-order valence-corrected chi connectivity index (χ0v) is 40.1. The number of hydrogen-bond donors (Lipinski definition) is 12. The van der Waals surface area contributed by atoms with Crippen molar-refractivity contribution >= 4 is 65.0 Å². The first-order valence-electron chi connectivity index (χ1n) is 22.5. The monoisotopic (exact) mass is 943 g/mol. The summed E-state index contributed by atoms with van der Waals surface area (Å²) in [5.41, 5.74) is 10.2. The molecular weight excluding hydrogens is 865 g/mol. The first-order chi connectivity index (χ1) is 31.0. The Balaban J connectivity index is 0. The van der Waals surface area contributed by atoms with Gasteiger partial charge in [-0.2, -0.15) is 0 Å². The standard InChI is InChI=1S/C32H51N11O12.C4H11N.2C3H8/c1-17(28(52)38-14-26(49)43-8-4-5-20(43)31(55)39-15-27(50)51)41-24(47)12-35-22(45)10-34-23(46)11-36-29(53)18(6-7-21(33)44)42-25(48)13-37-30(54)19-9-32(2,3)16-40-19;1-2-3-4-5;2*1-3-2/h17-20,40H,4-16H2,1-3H3,(H2,33,44)(H,34,46)(H,35,45)(H,36,53)(H,37,54)(H,38,52)(H,39,55)(H,41,47)(H,42,48)(H,50,51);2-5H2,1H3;2*3H2,1-2H3. The second kappa shape index (κ2) is 35.4. The fourth-order valence-electron chi connectivity index (χ4n) is 5.74. The average molecular weight is 943 g/mol. The second-order valence-electron chi connectivity index (χ2n) is 16.3. The molecule has 4 unspecified atom stereocenters. The van der Waals surface area contributed by atoms with E-state index in [1.807, 2.05) is 13.8 Å². The molecule has 2 heterocycles. The predicted octanol–water partition coefficient (Wildman–Crippen LogP) is -3.02. The van der Waals surface area contributed by atoms with E-state index < -0.39 is 123 Å². The summed E-state index contributed by atoms with van der Waals surface area (Å²) in [6.45, 7) is 14.3. The summed E-state index contributed by atoms with van der Waals surface area (Å²) < 4.78 is 0. The summed E-state index contributed by atoms with van der Waals surface area (Å²) in [7, 11) is 0. The third kappa shape index (κ3) is 29.5. The zero-order valence-electron chi connectivity index (χ0n) is 40.1. The van der Waals surface area contributed by atoms with E-state index in [2.05, 4.69) is 82.5 Å². The highest BCUT2D eigenvalue weighted by atomic mass is 16.4. The number of hydrogen-bond acceptors (Lipinski definition) is 13. The molecule has 24 nitrogen and oxygen atoms in total. The van der Waals surface area contributed by atoms with Crippen molar-refractivity contribution in [2.75, 3.05) is 58.9 Å². The molecule has 4 atom stereocenters. The molecule has 2 fully saturated rings. The SMILES string of the molecule is CC(NC(=O)CNC(=O)CNC(=O)CNC(=O)C(CCC(N)=O)NC(=O)CNC(=O)C1CC(C)(C)CN1)C(=O)NCC(=O)N1CCCC1C(=O)NCC(=O)O.CCC.CCC.CCCCN. The van der Waals surface area contributed by atoms with Crippen LogP contribution in [-0.2, 0) is 52.7 Å². The van der Waals surface area contributed by atoms with Gasteiger partial charge in [-0.25, -0.2) is 0 Å². The van der Waals surface area contributed by atoms with Gasteiger partial charge in [-0.1, -0.05) is 67.7 Å². The number of carboxylic acid groups (broad SMARTS) is 1. The molecule has 378 valence electrons. The first kappa shape index (κ1) is 62.2. The molecule has 0 bridgehead atoms. The van der Waals surface area contributed by atoms with E-state index in [-0.39, 0.29) is 30.7 Å². The molecule has 0 spiro atoms. The van der Waals surface area contributed by atoms with Crippen LogP contribution in [0.25, 0.3) is 0 Å². The van der Waals surface area contributed by atoms with Gasteiger partial charge in [0.15, 0.2) is 0 Å². The number of amides is 10. The maximum Gasteiger partial charge on any atom is 0.322 e. The Hall–Kier alpha value is -5.91. The van der Waals surface area contributed by atoms with Crippen LogP contribution in [0.3, 0.4) is 0 Å². The molecule has 2 saturated heterocycles. The maximum absolute atomic E-state index is 12.7. The number of likely N-dealkylation sites (tertiary alicyclic amines) is 1. The smallest absolute Gasteiger partial charge is 0.322 e. The van der Waals surface area contributed by atoms with Crippen LogP contribution in [-0.4, -0.2) is 158 Å². The van der Waals surface area contributed by atoms with Gasteiger partial charge in [0.25, 0.3) is 0 Å². The van der Waals surface area contributed by atoms with Crippen LogP contribution in [0.2, 0.25) is 0 Å². The van der Waals surface area contributed by atoms with E-state index in [1.54, 1.807) is 0 Å². The fourth-order valence-corrected chi connectivity index (χ4v) is 5.74. The molecule has 24 heteroatoms. The normalized spacial score (nSPS) is 16.2. The molecule has 66 heavy (non-hydrogen) atoms.